The van der Waals surface area contributed by atoms with E-state index in [1.54, 1.807) is 6.07 Å². The van der Waals surface area contributed by atoms with Crippen molar-refractivity contribution in [2.75, 3.05) is 0 Å². The molecule has 0 spiro atoms. The van der Waals surface area contributed by atoms with Gasteiger partial charge in [0.1, 0.15) is 18.2 Å². The van der Waals surface area contributed by atoms with Crippen LogP contribution in [0.15, 0.2) is 47.8 Å². The zero-order valence-electron chi connectivity index (χ0n) is 14.2. The van der Waals surface area contributed by atoms with Crippen LogP contribution in [0.25, 0.3) is 0 Å². The molecular formula is C19H13F4NO3S. The van der Waals surface area contributed by atoms with Crippen molar-refractivity contribution >= 4 is 17.3 Å². The third-order valence-corrected chi connectivity index (χ3v) is 4.69. The number of benzene rings is 2. The summed E-state index contributed by atoms with van der Waals surface area (Å²) >= 11 is 1.02. The molecule has 0 unspecified atom stereocenters. The van der Waals surface area contributed by atoms with Crippen LogP contribution in [0.4, 0.5) is 17.6 Å². The molecule has 0 radical (unpaired) electrons. The fourth-order valence-electron chi connectivity index (χ4n) is 2.46. The number of carbonyl (C=O) groups is 1. The number of alkyl halides is 3. The van der Waals surface area contributed by atoms with Gasteiger partial charge in [-0.05, 0) is 24.3 Å². The molecule has 1 heterocycles. The number of thiazole rings is 1. The number of halogens is 4. The minimum absolute atomic E-state index is 0.0472. The molecule has 0 bridgehead atoms. The van der Waals surface area contributed by atoms with E-state index in [1.165, 1.54) is 29.6 Å². The van der Waals surface area contributed by atoms with Crippen molar-refractivity contribution in [1.29, 1.82) is 0 Å². The highest BCUT2D eigenvalue weighted by atomic mass is 32.1. The number of nitrogens with zero attached hydrogens (tertiary/aromatic N) is 1. The van der Waals surface area contributed by atoms with Gasteiger partial charge < -0.3 is 9.84 Å². The average molecular weight is 411 g/mol. The fraction of sp³-hybridized carbons (Fsp3) is 0.158. The molecule has 0 aliphatic heterocycles. The Morgan fingerprint density at radius 3 is 2.54 bits per heavy atom. The summed E-state index contributed by atoms with van der Waals surface area (Å²) in [6.07, 6.45) is -4.59. The number of aromatic nitrogens is 1. The number of aromatic carboxylic acids is 1. The van der Waals surface area contributed by atoms with Crippen LogP contribution in [0, 0.1) is 5.82 Å². The van der Waals surface area contributed by atoms with Crippen LogP contribution in [0.1, 0.15) is 32.2 Å². The van der Waals surface area contributed by atoms with Crippen LogP contribution < -0.4 is 4.74 Å². The molecule has 0 aliphatic carbocycles. The first kappa shape index (κ1) is 19.8. The normalized spacial score (nSPS) is 11.4. The molecule has 3 rings (SSSR count). The van der Waals surface area contributed by atoms with Crippen molar-refractivity contribution in [3.05, 3.63) is 81.1 Å². The number of rotatable bonds is 6. The Kier molecular flexibility index (Phi) is 5.64. The first-order valence-corrected chi connectivity index (χ1v) is 8.86. The minimum atomic E-state index is -4.55. The number of ether oxygens (including phenoxy) is 1. The molecule has 0 saturated heterocycles. The Labute approximate surface area is 161 Å². The van der Waals surface area contributed by atoms with Crippen molar-refractivity contribution in [2.24, 2.45) is 0 Å². The molecule has 1 aromatic heterocycles. The lowest BCUT2D eigenvalue weighted by molar-refractivity contribution is -0.137. The maximum atomic E-state index is 13.7. The van der Waals surface area contributed by atoms with Crippen LogP contribution in [-0.4, -0.2) is 16.1 Å². The van der Waals surface area contributed by atoms with E-state index in [2.05, 4.69) is 4.98 Å². The van der Waals surface area contributed by atoms with Crippen LogP contribution in [0.5, 0.6) is 5.75 Å². The Morgan fingerprint density at radius 1 is 1.14 bits per heavy atom. The Hall–Kier alpha value is -2.94. The minimum Gasteiger partial charge on any atom is -0.489 e. The molecule has 0 amide bonds. The van der Waals surface area contributed by atoms with E-state index in [-0.39, 0.29) is 35.6 Å². The van der Waals surface area contributed by atoms with Gasteiger partial charge in [0.05, 0.1) is 10.6 Å². The molecular weight excluding hydrogens is 398 g/mol. The van der Waals surface area contributed by atoms with Gasteiger partial charge in [0.15, 0.2) is 5.69 Å². The van der Waals surface area contributed by atoms with Gasteiger partial charge in [-0.25, -0.2) is 14.2 Å². The lowest BCUT2D eigenvalue weighted by Gasteiger charge is -2.14. The highest BCUT2D eigenvalue weighted by Crippen LogP contribution is 2.34. The van der Waals surface area contributed by atoms with Gasteiger partial charge >= 0.3 is 12.1 Å². The third kappa shape index (κ3) is 4.66. The van der Waals surface area contributed by atoms with Crippen LogP contribution in [-0.2, 0) is 19.2 Å². The maximum Gasteiger partial charge on any atom is 0.416 e. The van der Waals surface area contributed by atoms with E-state index in [9.17, 15) is 22.4 Å². The maximum absolute atomic E-state index is 13.7. The largest absolute Gasteiger partial charge is 0.489 e. The highest BCUT2D eigenvalue weighted by Gasteiger charge is 2.31. The quantitative estimate of drug-likeness (QED) is 0.569. The van der Waals surface area contributed by atoms with Crippen LogP contribution in [0.2, 0.25) is 0 Å². The zero-order valence-corrected chi connectivity index (χ0v) is 15.0. The van der Waals surface area contributed by atoms with Crippen molar-refractivity contribution in [3.8, 4) is 5.75 Å². The fourth-order valence-corrected chi connectivity index (χ4v) is 3.25. The van der Waals surface area contributed by atoms with Gasteiger partial charge in [0.2, 0.25) is 0 Å². The molecule has 2 aromatic carbocycles. The second-order valence-electron chi connectivity index (χ2n) is 5.81. The van der Waals surface area contributed by atoms with Gasteiger partial charge in [-0.3, -0.25) is 0 Å². The lowest BCUT2D eigenvalue weighted by Crippen LogP contribution is -2.08. The molecule has 0 saturated carbocycles. The summed E-state index contributed by atoms with van der Waals surface area (Å²) in [6, 6.07) is 8.89. The second kappa shape index (κ2) is 7.97. The first-order valence-electron chi connectivity index (χ1n) is 7.98. The van der Waals surface area contributed by atoms with E-state index in [4.69, 9.17) is 9.84 Å². The van der Waals surface area contributed by atoms with Gasteiger partial charge in [-0.2, -0.15) is 13.2 Å². The van der Waals surface area contributed by atoms with Crippen molar-refractivity contribution in [1.82, 2.24) is 4.98 Å². The number of hydrogen-bond acceptors (Lipinski definition) is 4. The van der Waals surface area contributed by atoms with E-state index in [0.717, 1.165) is 23.5 Å². The molecule has 0 aliphatic rings. The van der Waals surface area contributed by atoms with E-state index in [1.807, 2.05) is 0 Å². The topological polar surface area (TPSA) is 59.4 Å². The van der Waals surface area contributed by atoms with Crippen LogP contribution >= 0.6 is 11.3 Å². The molecule has 146 valence electrons. The average Bonchev–Trinajstić information content (AvgIpc) is 3.10. The molecule has 28 heavy (non-hydrogen) atoms. The summed E-state index contributed by atoms with van der Waals surface area (Å²) in [5.74, 6) is -1.56. The van der Waals surface area contributed by atoms with E-state index < -0.39 is 23.5 Å². The highest BCUT2D eigenvalue weighted by molar-refractivity contribution is 7.09. The van der Waals surface area contributed by atoms with Gasteiger partial charge in [0.25, 0.3) is 0 Å². The predicted molar refractivity (Wildman–Crippen MR) is 94.1 cm³/mol. The predicted octanol–water partition coefficient (Wildman–Crippen LogP) is 5.17. The van der Waals surface area contributed by atoms with Gasteiger partial charge in [-0.1, -0.05) is 18.2 Å². The molecule has 0 fully saturated rings. The molecule has 1 N–H and O–H groups in total. The van der Waals surface area contributed by atoms with Crippen LogP contribution in [0.3, 0.4) is 0 Å². The van der Waals surface area contributed by atoms with Gasteiger partial charge in [0, 0.05) is 22.9 Å². The Morgan fingerprint density at radius 2 is 1.89 bits per heavy atom. The molecule has 9 heteroatoms. The van der Waals surface area contributed by atoms with Gasteiger partial charge in [-0.15, -0.1) is 11.3 Å². The number of hydrogen-bond donors (Lipinski definition) is 1. The molecule has 4 nitrogen and oxygen atoms in total. The third-order valence-electron chi connectivity index (χ3n) is 3.84. The Bertz CT molecular complexity index is 1000. The molecule has 0 atom stereocenters. The standard InChI is InChI=1S/C19H13F4NO3S/c20-14-4-2-1-3-11(14)9-27-16-6-5-13(19(21,22)23)7-12(16)8-17-24-15(10-28-17)18(25)26/h1-7,10H,8-9H2,(H,25,26). The summed E-state index contributed by atoms with van der Waals surface area (Å²) in [6.45, 7) is -0.163. The van der Waals surface area contributed by atoms with E-state index >= 15 is 0 Å². The van der Waals surface area contributed by atoms with Crippen molar-refractivity contribution in [3.63, 3.8) is 0 Å². The summed E-state index contributed by atoms with van der Waals surface area (Å²) in [7, 11) is 0. The smallest absolute Gasteiger partial charge is 0.416 e. The first-order chi connectivity index (χ1) is 13.2. The molecule has 3 aromatic rings. The number of carboxylic acids is 1. The number of carboxylic acid groups (broad SMARTS) is 1. The summed E-state index contributed by atoms with van der Waals surface area (Å²) in [4.78, 5) is 14.8. The lowest BCUT2D eigenvalue weighted by atomic mass is 10.1. The van der Waals surface area contributed by atoms with Crippen molar-refractivity contribution in [2.45, 2.75) is 19.2 Å². The summed E-state index contributed by atoms with van der Waals surface area (Å²) < 4.78 is 58.5. The monoisotopic (exact) mass is 411 g/mol. The summed E-state index contributed by atoms with van der Waals surface area (Å²) in [5, 5.41) is 10.6. The van der Waals surface area contributed by atoms with E-state index in [0.29, 0.717) is 5.01 Å². The van der Waals surface area contributed by atoms with Crippen molar-refractivity contribution < 1.29 is 32.2 Å². The Balaban J connectivity index is 1.89. The second-order valence-corrected chi connectivity index (χ2v) is 6.75. The SMILES string of the molecule is O=C(O)c1csc(Cc2cc(C(F)(F)F)ccc2OCc2ccccc2F)n1. The zero-order chi connectivity index (χ0) is 20.3. The summed E-state index contributed by atoms with van der Waals surface area (Å²) in [5.41, 5.74) is -0.607.